The van der Waals surface area contributed by atoms with Crippen molar-refractivity contribution in [2.24, 2.45) is 11.3 Å². The molecule has 0 heterocycles. The Morgan fingerprint density at radius 2 is 1.83 bits per heavy atom. The van der Waals surface area contributed by atoms with Crippen molar-refractivity contribution in [3.63, 3.8) is 0 Å². The number of hydrogen-bond acceptors (Lipinski definition) is 4. The quantitative estimate of drug-likeness (QED) is 0.558. The molecule has 0 radical (unpaired) electrons. The topological polar surface area (TPSA) is 60.4 Å². The molecular weight excluding hydrogens is 232 g/mol. The van der Waals surface area contributed by atoms with E-state index in [-0.39, 0.29) is 29.4 Å². The summed E-state index contributed by atoms with van der Waals surface area (Å²) in [5, 5.41) is 0. The molecule has 0 aromatic rings. The lowest BCUT2D eigenvalue weighted by molar-refractivity contribution is -0.145. The summed E-state index contributed by atoms with van der Waals surface area (Å²) in [6.07, 6.45) is 2.23. The maximum atomic E-state index is 11.9. The van der Waals surface area contributed by atoms with Crippen molar-refractivity contribution in [3.8, 4) is 0 Å². The van der Waals surface area contributed by atoms with E-state index in [4.69, 9.17) is 4.74 Å². The zero-order chi connectivity index (χ0) is 13.8. The van der Waals surface area contributed by atoms with Crippen LogP contribution in [0.3, 0.4) is 0 Å². The molecule has 0 N–H and O–H groups in total. The average molecular weight is 254 g/mol. The number of hydrogen-bond donors (Lipinski definition) is 0. The van der Waals surface area contributed by atoms with Gasteiger partial charge in [0.2, 0.25) is 0 Å². The second-order valence-electron chi connectivity index (χ2n) is 5.70. The first-order chi connectivity index (χ1) is 8.35. The molecule has 102 valence electrons. The molecule has 1 fully saturated rings. The Morgan fingerprint density at radius 1 is 1.28 bits per heavy atom. The van der Waals surface area contributed by atoms with Crippen LogP contribution in [0.1, 0.15) is 52.9 Å². The Kier molecular flexibility index (Phi) is 5.05. The van der Waals surface area contributed by atoms with Gasteiger partial charge in [0, 0.05) is 19.3 Å². The minimum Gasteiger partial charge on any atom is -0.466 e. The highest BCUT2D eigenvalue weighted by Crippen LogP contribution is 2.35. The SMILES string of the molecule is CCOC(=O)CCCC1C(=O)CC(C)(C)CC1=O. The van der Waals surface area contributed by atoms with E-state index in [1.807, 2.05) is 13.8 Å². The summed E-state index contributed by atoms with van der Waals surface area (Å²) in [5.74, 6) is -0.693. The van der Waals surface area contributed by atoms with Crippen molar-refractivity contribution in [3.05, 3.63) is 0 Å². The lowest BCUT2D eigenvalue weighted by Gasteiger charge is -2.31. The molecule has 0 unspecified atom stereocenters. The van der Waals surface area contributed by atoms with Crippen LogP contribution in [-0.2, 0) is 19.1 Å². The lowest BCUT2D eigenvalue weighted by atomic mass is 9.70. The monoisotopic (exact) mass is 254 g/mol. The van der Waals surface area contributed by atoms with Crippen LogP contribution in [0.5, 0.6) is 0 Å². The van der Waals surface area contributed by atoms with Gasteiger partial charge >= 0.3 is 5.97 Å². The molecule has 18 heavy (non-hydrogen) atoms. The van der Waals surface area contributed by atoms with Gasteiger partial charge in [0.05, 0.1) is 12.5 Å². The van der Waals surface area contributed by atoms with E-state index in [0.717, 1.165) is 0 Å². The number of carbonyl (C=O) groups is 3. The fourth-order valence-corrected chi connectivity index (χ4v) is 2.44. The predicted octanol–water partition coefficient (Wildman–Crippen LogP) is 2.29. The van der Waals surface area contributed by atoms with E-state index < -0.39 is 5.92 Å². The van der Waals surface area contributed by atoms with E-state index in [2.05, 4.69) is 0 Å². The average Bonchev–Trinajstić information content (AvgIpc) is 2.21. The second-order valence-corrected chi connectivity index (χ2v) is 5.70. The minimum absolute atomic E-state index is 0.0279. The maximum Gasteiger partial charge on any atom is 0.305 e. The van der Waals surface area contributed by atoms with Crippen molar-refractivity contribution < 1.29 is 19.1 Å². The molecule has 0 atom stereocenters. The number of ether oxygens (including phenoxy) is 1. The van der Waals surface area contributed by atoms with Gasteiger partial charge in [0.15, 0.2) is 0 Å². The largest absolute Gasteiger partial charge is 0.466 e. The lowest BCUT2D eigenvalue weighted by Crippen LogP contribution is -2.37. The molecule has 0 bridgehead atoms. The summed E-state index contributed by atoms with van der Waals surface area (Å²) in [6.45, 7) is 6.01. The van der Waals surface area contributed by atoms with Crippen LogP contribution < -0.4 is 0 Å². The fraction of sp³-hybridized carbons (Fsp3) is 0.786. The first-order valence-electron chi connectivity index (χ1n) is 6.57. The standard InChI is InChI=1S/C14H22O4/c1-4-18-13(17)7-5-6-10-11(15)8-14(2,3)9-12(10)16/h10H,4-9H2,1-3H3. The van der Waals surface area contributed by atoms with Gasteiger partial charge in [-0.15, -0.1) is 0 Å². The Balaban J connectivity index is 2.41. The molecule has 1 rings (SSSR count). The summed E-state index contributed by atoms with van der Waals surface area (Å²) < 4.78 is 4.81. The summed E-state index contributed by atoms with van der Waals surface area (Å²) in [4.78, 5) is 34.9. The van der Waals surface area contributed by atoms with Crippen LogP contribution in [0.4, 0.5) is 0 Å². The molecule has 0 spiro atoms. The van der Waals surface area contributed by atoms with Crippen molar-refractivity contribution in [1.29, 1.82) is 0 Å². The van der Waals surface area contributed by atoms with Gasteiger partial charge in [-0.05, 0) is 25.2 Å². The van der Waals surface area contributed by atoms with Gasteiger partial charge in [-0.25, -0.2) is 0 Å². The third kappa shape index (κ3) is 4.24. The van der Waals surface area contributed by atoms with Gasteiger partial charge in [-0.2, -0.15) is 0 Å². The highest BCUT2D eigenvalue weighted by atomic mass is 16.5. The molecule has 0 aromatic heterocycles. The van der Waals surface area contributed by atoms with Crippen molar-refractivity contribution >= 4 is 17.5 Å². The molecule has 1 saturated carbocycles. The number of esters is 1. The van der Waals surface area contributed by atoms with Crippen molar-refractivity contribution in [2.45, 2.75) is 52.9 Å². The van der Waals surface area contributed by atoms with Gasteiger partial charge in [-0.3, -0.25) is 14.4 Å². The van der Waals surface area contributed by atoms with Crippen LogP contribution in [0, 0.1) is 11.3 Å². The Labute approximate surface area is 108 Å². The van der Waals surface area contributed by atoms with Gasteiger partial charge in [0.1, 0.15) is 11.6 Å². The number of carbonyl (C=O) groups excluding carboxylic acids is 3. The summed E-state index contributed by atoms with van der Waals surface area (Å²) in [5.41, 5.74) is -0.203. The number of ketones is 2. The summed E-state index contributed by atoms with van der Waals surface area (Å²) in [7, 11) is 0. The van der Waals surface area contributed by atoms with Gasteiger partial charge in [0.25, 0.3) is 0 Å². The van der Waals surface area contributed by atoms with Gasteiger partial charge < -0.3 is 4.74 Å². The van der Waals surface area contributed by atoms with Crippen LogP contribution >= 0.6 is 0 Å². The Morgan fingerprint density at radius 3 is 2.33 bits per heavy atom. The van der Waals surface area contributed by atoms with Crippen LogP contribution in [0.25, 0.3) is 0 Å². The van der Waals surface area contributed by atoms with E-state index in [0.29, 0.717) is 32.3 Å². The molecule has 0 saturated heterocycles. The number of Topliss-reactive ketones (excluding diaryl/α,β-unsaturated/α-hetero) is 2. The minimum atomic E-state index is -0.493. The van der Waals surface area contributed by atoms with E-state index in [1.165, 1.54) is 0 Å². The molecule has 0 amide bonds. The van der Waals surface area contributed by atoms with Gasteiger partial charge in [-0.1, -0.05) is 13.8 Å². The highest BCUT2D eigenvalue weighted by molar-refractivity contribution is 6.05. The molecule has 1 aliphatic rings. The predicted molar refractivity (Wildman–Crippen MR) is 67.0 cm³/mol. The molecular formula is C14H22O4. The highest BCUT2D eigenvalue weighted by Gasteiger charge is 2.38. The first-order valence-corrected chi connectivity index (χ1v) is 6.57. The molecule has 4 nitrogen and oxygen atoms in total. The zero-order valence-electron chi connectivity index (χ0n) is 11.5. The molecule has 1 aliphatic carbocycles. The van der Waals surface area contributed by atoms with E-state index in [1.54, 1.807) is 6.92 Å². The fourth-order valence-electron chi connectivity index (χ4n) is 2.44. The molecule has 4 heteroatoms. The molecule has 0 aliphatic heterocycles. The smallest absolute Gasteiger partial charge is 0.305 e. The first kappa shape index (κ1) is 14.9. The van der Waals surface area contributed by atoms with Crippen LogP contribution in [0.15, 0.2) is 0 Å². The third-order valence-corrected chi connectivity index (χ3v) is 3.26. The van der Waals surface area contributed by atoms with Crippen LogP contribution in [0.2, 0.25) is 0 Å². The van der Waals surface area contributed by atoms with E-state index in [9.17, 15) is 14.4 Å². The molecule has 0 aromatic carbocycles. The Bertz CT molecular complexity index is 324. The van der Waals surface area contributed by atoms with Crippen molar-refractivity contribution in [1.82, 2.24) is 0 Å². The zero-order valence-corrected chi connectivity index (χ0v) is 11.5. The number of rotatable bonds is 5. The normalized spacial score (nSPS) is 19.9. The summed E-state index contributed by atoms with van der Waals surface area (Å²) >= 11 is 0. The third-order valence-electron chi connectivity index (χ3n) is 3.26. The second kappa shape index (κ2) is 6.12. The van der Waals surface area contributed by atoms with Crippen LogP contribution in [-0.4, -0.2) is 24.1 Å². The Hall–Kier alpha value is -1.19. The van der Waals surface area contributed by atoms with Crippen molar-refractivity contribution in [2.75, 3.05) is 6.61 Å². The maximum absolute atomic E-state index is 11.9. The summed E-state index contributed by atoms with van der Waals surface area (Å²) in [6, 6.07) is 0. The van der Waals surface area contributed by atoms with E-state index >= 15 is 0 Å².